The number of halogens is 1. The Morgan fingerprint density at radius 3 is 2.34 bits per heavy atom. The molecule has 0 unspecified atom stereocenters. The lowest BCUT2D eigenvalue weighted by atomic mass is 10.1. The topological polar surface area (TPSA) is 93.7 Å². The van der Waals surface area contributed by atoms with Gasteiger partial charge < -0.3 is 20.1 Å². The van der Waals surface area contributed by atoms with E-state index >= 15 is 0 Å². The highest BCUT2D eigenvalue weighted by Crippen LogP contribution is 2.34. The molecule has 0 saturated carbocycles. The fraction of sp³-hybridized carbons (Fsp3) is 0.174. The Bertz CT molecular complexity index is 1110. The largest absolute Gasteiger partial charge is 0.484 e. The molecule has 0 saturated heterocycles. The summed E-state index contributed by atoms with van der Waals surface area (Å²) in [4.78, 5) is 38.1. The summed E-state index contributed by atoms with van der Waals surface area (Å²) in [6.45, 7) is 3.22. The monoisotopic (exact) mass is 472 g/mol. The second-order valence-electron chi connectivity index (χ2n) is 6.59. The van der Waals surface area contributed by atoms with Gasteiger partial charge in [0.1, 0.15) is 10.8 Å². The zero-order chi connectivity index (χ0) is 23.1. The Labute approximate surface area is 194 Å². The number of amides is 2. The van der Waals surface area contributed by atoms with E-state index in [0.717, 1.165) is 11.3 Å². The Kier molecular flexibility index (Phi) is 7.86. The summed E-state index contributed by atoms with van der Waals surface area (Å²) >= 11 is 6.87. The lowest BCUT2D eigenvalue weighted by molar-refractivity contribution is -0.118. The van der Waals surface area contributed by atoms with E-state index in [4.69, 9.17) is 21.1 Å². The molecule has 2 aromatic carbocycles. The van der Waals surface area contributed by atoms with Crippen LogP contribution in [0.2, 0.25) is 5.02 Å². The predicted molar refractivity (Wildman–Crippen MR) is 125 cm³/mol. The minimum absolute atomic E-state index is 0.145. The van der Waals surface area contributed by atoms with Gasteiger partial charge >= 0.3 is 5.97 Å². The Balaban J connectivity index is 1.80. The molecule has 1 heterocycles. The van der Waals surface area contributed by atoms with Crippen LogP contribution >= 0.6 is 22.9 Å². The van der Waals surface area contributed by atoms with Crippen molar-refractivity contribution in [1.82, 2.24) is 0 Å². The van der Waals surface area contributed by atoms with Crippen LogP contribution in [-0.2, 0) is 9.53 Å². The molecule has 9 heteroatoms. The van der Waals surface area contributed by atoms with Gasteiger partial charge in [-0.1, -0.05) is 29.8 Å². The number of hydrogen-bond donors (Lipinski definition) is 2. The minimum Gasteiger partial charge on any atom is -0.484 e. The predicted octanol–water partition coefficient (Wildman–Crippen LogP) is 5.16. The minimum atomic E-state index is -0.619. The molecule has 0 radical (unpaired) electrons. The molecule has 0 atom stereocenters. The van der Waals surface area contributed by atoms with Crippen molar-refractivity contribution in [3.8, 4) is 5.75 Å². The molecule has 2 N–H and O–H groups in total. The first-order valence-corrected chi connectivity index (χ1v) is 10.9. The molecule has 3 rings (SSSR count). The molecule has 2 amide bonds. The third-order valence-electron chi connectivity index (χ3n) is 4.30. The quantitative estimate of drug-likeness (QED) is 0.442. The van der Waals surface area contributed by atoms with Gasteiger partial charge in [0.05, 0.1) is 17.0 Å². The fourth-order valence-electron chi connectivity index (χ4n) is 2.82. The Morgan fingerprint density at radius 1 is 1.00 bits per heavy atom. The highest BCUT2D eigenvalue weighted by Gasteiger charge is 2.26. The SMILES string of the molecule is CCOC(=O)c1c(NC(=O)COc2ccccc2)sc(C(=O)Nc2ccc(Cl)cc2)c1C. The van der Waals surface area contributed by atoms with Gasteiger partial charge in [0.25, 0.3) is 11.8 Å². The van der Waals surface area contributed by atoms with Gasteiger partial charge in [0.15, 0.2) is 6.61 Å². The number of benzene rings is 2. The smallest absolute Gasteiger partial charge is 0.341 e. The van der Waals surface area contributed by atoms with Crippen LogP contribution in [-0.4, -0.2) is 31.0 Å². The van der Waals surface area contributed by atoms with Gasteiger partial charge in [0.2, 0.25) is 0 Å². The van der Waals surface area contributed by atoms with Gasteiger partial charge in [-0.25, -0.2) is 4.79 Å². The summed E-state index contributed by atoms with van der Waals surface area (Å²) in [5, 5.41) is 6.19. The van der Waals surface area contributed by atoms with Crippen LogP contribution in [0.3, 0.4) is 0 Å². The Hall–Kier alpha value is -3.36. The summed E-state index contributed by atoms with van der Waals surface area (Å²) in [6, 6.07) is 15.5. The molecule has 166 valence electrons. The first-order chi connectivity index (χ1) is 15.4. The van der Waals surface area contributed by atoms with E-state index in [1.807, 2.05) is 6.07 Å². The molecule has 32 heavy (non-hydrogen) atoms. The number of carbonyl (C=O) groups excluding carboxylic acids is 3. The van der Waals surface area contributed by atoms with E-state index < -0.39 is 17.8 Å². The maximum Gasteiger partial charge on any atom is 0.341 e. The zero-order valence-electron chi connectivity index (χ0n) is 17.4. The van der Waals surface area contributed by atoms with Gasteiger partial charge in [-0.3, -0.25) is 9.59 Å². The van der Waals surface area contributed by atoms with Crippen molar-refractivity contribution in [2.75, 3.05) is 23.8 Å². The number of ether oxygens (including phenoxy) is 2. The highest BCUT2D eigenvalue weighted by molar-refractivity contribution is 7.19. The van der Waals surface area contributed by atoms with Gasteiger partial charge in [0, 0.05) is 10.7 Å². The van der Waals surface area contributed by atoms with Crippen LogP contribution in [0.25, 0.3) is 0 Å². The number of para-hydroxylation sites is 1. The summed E-state index contributed by atoms with van der Waals surface area (Å²) < 4.78 is 10.6. The normalized spacial score (nSPS) is 10.3. The average molecular weight is 473 g/mol. The van der Waals surface area contributed by atoms with Crippen molar-refractivity contribution in [1.29, 1.82) is 0 Å². The van der Waals surface area contributed by atoms with Crippen LogP contribution in [0.1, 0.15) is 32.5 Å². The van der Waals surface area contributed by atoms with E-state index in [9.17, 15) is 14.4 Å². The second kappa shape index (κ2) is 10.8. The van der Waals surface area contributed by atoms with E-state index in [2.05, 4.69) is 10.6 Å². The molecular weight excluding hydrogens is 452 g/mol. The number of rotatable bonds is 8. The van der Waals surface area contributed by atoms with E-state index in [0.29, 0.717) is 22.0 Å². The molecule has 3 aromatic rings. The van der Waals surface area contributed by atoms with Crippen LogP contribution in [0, 0.1) is 6.92 Å². The summed E-state index contributed by atoms with van der Waals surface area (Å²) in [5.41, 5.74) is 1.11. The molecule has 0 fully saturated rings. The number of nitrogens with one attached hydrogen (secondary N) is 2. The van der Waals surface area contributed by atoms with Crippen LogP contribution in [0.5, 0.6) is 5.75 Å². The lowest BCUT2D eigenvalue weighted by Gasteiger charge is -2.08. The molecule has 0 bridgehead atoms. The summed E-state index contributed by atoms with van der Waals surface area (Å²) in [7, 11) is 0. The van der Waals surface area contributed by atoms with Gasteiger partial charge in [-0.05, 0) is 55.8 Å². The van der Waals surface area contributed by atoms with E-state index in [1.54, 1.807) is 62.4 Å². The van der Waals surface area contributed by atoms with Gasteiger partial charge in [-0.2, -0.15) is 0 Å². The molecule has 1 aromatic heterocycles. The zero-order valence-corrected chi connectivity index (χ0v) is 19.0. The molecule has 0 aliphatic rings. The standard InChI is InChI=1S/C23H21ClN2O5S/c1-3-30-23(29)19-14(2)20(21(28)25-16-11-9-15(24)10-12-16)32-22(19)26-18(27)13-31-17-7-5-4-6-8-17/h4-12H,3,13H2,1-2H3,(H,25,28)(H,26,27). The average Bonchev–Trinajstić information content (AvgIpc) is 3.10. The number of thiophene rings is 1. The van der Waals surface area contributed by atoms with Crippen molar-refractivity contribution < 1.29 is 23.9 Å². The van der Waals surface area contributed by atoms with Crippen molar-refractivity contribution in [3.05, 3.63) is 75.6 Å². The van der Waals surface area contributed by atoms with Crippen LogP contribution in [0.4, 0.5) is 10.7 Å². The Morgan fingerprint density at radius 2 is 1.69 bits per heavy atom. The van der Waals surface area contributed by atoms with Crippen molar-refractivity contribution in [2.24, 2.45) is 0 Å². The number of hydrogen-bond acceptors (Lipinski definition) is 6. The third-order valence-corrected chi connectivity index (χ3v) is 5.76. The third kappa shape index (κ3) is 5.87. The van der Waals surface area contributed by atoms with Crippen LogP contribution in [0.15, 0.2) is 54.6 Å². The maximum absolute atomic E-state index is 12.8. The number of carbonyl (C=O) groups is 3. The fourth-order valence-corrected chi connectivity index (χ4v) is 4.05. The van der Waals surface area contributed by atoms with Crippen molar-refractivity contribution >= 4 is 51.4 Å². The number of anilines is 2. The molecule has 0 aliphatic heterocycles. The second-order valence-corrected chi connectivity index (χ2v) is 8.05. The first kappa shape index (κ1) is 23.3. The molecule has 7 nitrogen and oxygen atoms in total. The maximum atomic E-state index is 12.8. The van der Waals surface area contributed by atoms with E-state index in [1.165, 1.54) is 0 Å². The van der Waals surface area contributed by atoms with Crippen molar-refractivity contribution in [3.63, 3.8) is 0 Å². The lowest BCUT2D eigenvalue weighted by Crippen LogP contribution is -2.21. The summed E-state index contributed by atoms with van der Waals surface area (Å²) in [6.07, 6.45) is 0. The van der Waals surface area contributed by atoms with Gasteiger partial charge in [-0.15, -0.1) is 11.3 Å². The summed E-state index contributed by atoms with van der Waals surface area (Å²) in [5.74, 6) is -0.962. The van der Waals surface area contributed by atoms with Crippen molar-refractivity contribution in [2.45, 2.75) is 13.8 Å². The molecular formula is C23H21ClN2O5S. The van der Waals surface area contributed by atoms with E-state index in [-0.39, 0.29) is 28.7 Å². The molecule has 0 spiro atoms. The first-order valence-electron chi connectivity index (χ1n) is 9.74. The number of esters is 1. The molecule has 0 aliphatic carbocycles. The van der Waals surface area contributed by atoms with Crippen LogP contribution < -0.4 is 15.4 Å². The highest BCUT2D eigenvalue weighted by atomic mass is 35.5.